The van der Waals surface area contributed by atoms with Gasteiger partial charge in [-0.2, -0.15) is 0 Å². The van der Waals surface area contributed by atoms with E-state index in [1.165, 1.54) is 5.56 Å². The molecule has 1 aromatic heterocycles. The minimum atomic E-state index is 0.110. The van der Waals surface area contributed by atoms with Crippen LogP contribution in [0.5, 0.6) is 0 Å². The van der Waals surface area contributed by atoms with Crippen LogP contribution in [0.1, 0.15) is 17.9 Å². The molecule has 22 heavy (non-hydrogen) atoms. The standard InChI is InChI=1S/C16H19N3O3/c1-12-2-4-13(5-3-12)16-18-17-14(22-16)6-7-15(20)19-8-10-21-11-9-19/h2-5H,6-11H2,1H3. The highest BCUT2D eigenvalue weighted by Gasteiger charge is 2.18. The fourth-order valence-electron chi connectivity index (χ4n) is 2.35. The number of carbonyl (C=O) groups excluding carboxylic acids is 1. The van der Waals surface area contributed by atoms with Crippen molar-refractivity contribution in [2.45, 2.75) is 19.8 Å². The van der Waals surface area contributed by atoms with Crippen molar-refractivity contribution in [3.8, 4) is 11.5 Å². The summed E-state index contributed by atoms with van der Waals surface area (Å²) in [7, 11) is 0. The average Bonchev–Trinajstić information content (AvgIpc) is 3.03. The minimum Gasteiger partial charge on any atom is -0.421 e. The quantitative estimate of drug-likeness (QED) is 0.862. The normalized spacial score (nSPS) is 15.0. The van der Waals surface area contributed by atoms with E-state index in [-0.39, 0.29) is 5.91 Å². The smallest absolute Gasteiger partial charge is 0.247 e. The maximum atomic E-state index is 12.1. The molecule has 0 bridgehead atoms. The van der Waals surface area contributed by atoms with E-state index in [1.807, 2.05) is 36.1 Å². The van der Waals surface area contributed by atoms with Gasteiger partial charge in [0.2, 0.25) is 17.7 Å². The number of amides is 1. The van der Waals surface area contributed by atoms with Crippen molar-refractivity contribution >= 4 is 5.91 Å². The number of rotatable bonds is 4. The van der Waals surface area contributed by atoms with Crippen LogP contribution in [0, 0.1) is 6.92 Å². The van der Waals surface area contributed by atoms with Crippen LogP contribution in [0.2, 0.25) is 0 Å². The van der Waals surface area contributed by atoms with E-state index in [0.717, 1.165) is 5.56 Å². The second-order valence-electron chi connectivity index (χ2n) is 5.36. The van der Waals surface area contributed by atoms with Gasteiger partial charge in [0.1, 0.15) is 0 Å². The number of benzene rings is 1. The SMILES string of the molecule is Cc1ccc(-c2nnc(CCC(=O)N3CCOCC3)o2)cc1. The van der Waals surface area contributed by atoms with Crippen LogP contribution in [0.15, 0.2) is 28.7 Å². The zero-order valence-electron chi connectivity index (χ0n) is 12.6. The molecule has 6 nitrogen and oxygen atoms in total. The first kappa shape index (κ1) is 14.7. The zero-order valence-corrected chi connectivity index (χ0v) is 12.6. The highest BCUT2D eigenvalue weighted by molar-refractivity contribution is 5.76. The summed E-state index contributed by atoms with van der Waals surface area (Å²) in [5.41, 5.74) is 2.07. The van der Waals surface area contributed by atoms with Crippen molar-refractivity contribution in [3.63, 3.8) is 0 Å². The number of carbonyl (C=O) groups is 1. The Morgan fingerprint density at radius 1 is 1.18 bits per heavy atom. The molecule has 1 aliphatic heterocycles. The lowest BCUT2D eigenvalue weighted by Gasteiger charge is -2.26. The van der Waals surface area contributed by atoms with E-state index >= 15 is 0 Å². The first-order valence-corrected chi connectivity index (χ1v) is 7.47. The van der Waals surface area contributed by atoms with Crippen LogP contribution in [0.3, 0.4) is 0 Å². The molecule has 1 aromatic carbocycles. The lowest BCUT2D eigenvalue weighted by molar-refractivity contribution is -0.135. The van der Waals surface area contributed by atoms with Gasteiger partial charge in [-0.05, 0) is 19.1 Å². The molecule has 2 heterocycles. The number of aryl methyl sites for hydroxylation is 2. The van der Waals surface area contributed by atoms with Gasteiger partial charge in [-0.25, -0.2) is 0 Å². The minimum absolute atomic E-state index is 0.110. The van der Waals surface area contributed by atoms with E-state index in [9.17, 15) is 4.79 Å². The van der Waals surface area contributed by atoms with Crippen molar-refractivity contribution in [2.24, 2.45) is 0 Å². The molecule has 116 valence electrons. The van der Waals surface area contributed by atoms with Crippen molar-refractivity contribution in [1.82, 2.24) is 15.1 Å². The molecular formula is C16H19N3O3. The third-order valence-electron chi connectivity index (χ3n) is 3.68. The summed E-state index contributed by atoms with van der Waals surface area (Å²) in [6.45, 7) is 4.59. The van der Waals surface area contributed by atoms with Gasteiger partial charge in [-0.1, -0.05) is 17.7 Å². The molecule has 6 heteroatoms. The number of aromatic nitrogens is 2. The molecular weight excluding hydrogens is 282 g/mol. The van der Waals surface area contributed by atoms with Gasteiger partial charge in [-0.3, -0.25) is 4.79 Å². The summed E-state index contributed by atoms with van der Waals surface area (Å²) in [5.74, 6) is 1.10. The summed E-state index contributed by atoms with van der Waals surface area (Å²) in [6.07, 6.45) is 0.852. The van der Waals surface area contributed by atoms with Crippen molar-refractivity contribution in [1.29, 1.82) is 0 Å². The molecule has 1 fully saturated rings. The second kappa shape index (κ2) is 6.70. The van der Waals surface area contributed by atoms with Crippen LogP contribution in [0.25, 0.3) is 11.5 Å². The third kappa shape index (κ3) is 3.51. The molecule has 3 rings (SSSR count). The van der Waals surface area contributed by atoms with Crippen LogP contribution >= 0.6 is 0 Å². The lowest BCUT2D eigenvalue weighted by Crippen LogP contribution is -2.40. The molecule has 0 spiro atoms. The molecule has 2 aromatic rings. The topological polar surface area (TPSA) is 68.5 Å². The van der Waals surface area contributed by atoms with Gasteiger partial charge in [0, 0.05) is 31.5 Å². The number of hydrogen-bond acceptors (Lipinski definition) is 5. The Bertz CT molecular complexity index is 630. The van der Waals surface area contributed by atoms with Gasteiger partial charge in [-0.15, -0.1) is 10.2 Å². The van der Waals surface area contributed by atoms with E-state index in [1.54, 1.807) is 0 Å². The highest BCUT2D eigenvalue weighted by atomic mass is 16.5. The Hall–Kier alpha value is -2.21. The first-order valence-electron chi connectivity index (χ1n) is 7.47. The number of morpholine rings is 1. The molecule has 0 atom stereocenters. The highest BCUT2D eigenvalue weighted by Crippen LogP contribution is 2.18. The van der Waals surface area contributed by atoms with Crippen LogP contribution in [-0.2, 0) is 16.0 Å². The monoisotopic (exact) mass is 301 g/mol. The number of hydrogen-bond donors (Lipinski definition) is 0. The maximum absolute atomic E-state index is 12.1. The summed E-state index contributed by atoms with van der Waals surface area (Å²) in [6, 6.07) is 7.90. The average molecular weight is 301 g/mol. The Morgan fingerprint density at radius 3 is 2.64 bits per heavy atom. The summed E-state index contributed by atoms with van der Waals surface area (Å²) in [4.78, 5) is 13.9. The molecule has 0 saturated carbocycles. The Balaban J connectivity index is 1.57. The first-order chi connectivity index (χ1) is 10.7. The number of ether oxygens (including phenoxy) is 1. The fourth-order valence-corrected chi connectivity index (χ4v) is 2.35. The lowest BCUT2D eigenvalue weighted by atomic mass is 10.1. The Labute approximate surface area is 129 Å². The molecule has 1 aliphatic rings. The van der Waals surface area contributed by atoms with Gasteiger partial charge < -0.3 is 14.1 Å². The van der Waals surface area contributed by atoms with E-state index in [0.29, 0.717) is 50.9 Å². The second-order valence-corrected chi connectivity index (χ2v) is 5.36. The predicted molar refractivity (Wildman–Crippen MR) is 80.2 cm³/mol. The summed E-state index contributed by atoms with van der Waals surface area (Å²) >= 11 is 0. The van der Waals surface area contributed by atoms with Crippen LogP contribution in [-0.4, -0.2) is 47.3 Å². The van der Waals surface area contributed by atoms with Gasteiger partial charge >= 0.3 is 0 Å². The molecule has 1 amide bonds. The molecule has 0 N–H and O–H groups in total. The maximum Gasteiger partial charge on any atom is 0.247 e. The van der Waals surface area contributed by atoms with E-state index in [2.05, 4.69) is 10.2 Å². The number of nitrogens with zero attached hydrogens (tertiary/aromatic N) is 3. The van der Waals surface area contributed by atoms with Crippen molar-refractivity contribution < 1.29 is 13.9 Å². The zero-order chi connectivity index (χ0) is 15.4. The van der Waals surface area contributed by atoms with Crippen molar-refractivity contribution in [2.75, 3.05) is 26.3 Å². The molecule has 0 aliphatic carbocycles. The summed E-state index contributed by atoms with van der Waals surface area (Å²) < 4.78 is 10.9. The van der Waals surface area contributed by atoms with E-state index in [4.69, 9.17) is 9.15 Å². The van der Waals surface area contributed by atoms with E-state index < -0.39 is 0 Å². The summed E-state index contributed by atoms with van der Waals surface area (Å²) in [5, 5.41) is 8.06. The molecule has 1 saturated heterocycles. The Kier molecular flexibility index (Phi) is 4.48. The van der Waals surface area contributed by atoms with Gasteiger partial charge in [0.05, 0.1) is 13.2 Å². The van der Waals surface area contributed by atoms with Crippen LogP contribution in [0.4, 0.5) is 0 Å². The molecule has 0 radical (unpaired) electrons. The van der Waals surface area contributed by atoms with Crippen LogP contribution < -0.4 is 0 Å². The largest absolute Gasteiger partial charge is 0.421 e. The fraction of sp³-hybridized carbons (Fsp3) is 0.438. The van der Waals surface area contributed by atoms with Gasteiger partial charge in [0.15, 0.2) is 0 Å². The van der Waals surface area contributed by atoms with Crippen molar-refractivity contribution in [3.05, 3.63) is 35.7 Å². The molecule has 0 unspecified atom stereocenters. The third-order valence-corrected chi connectivity index (χ3v) is 3.68. The van der Waals surface area contributed by atoms with Gasteiger partial charge in [0.25, 0.3) is 0 Å². The predicted octanol–water partition coefficient (Wildman–Crippen LogP) is 1.84. The Morgan fingerprint density at radius 2 is 1.91 bits per heavy atom.